The van der Waals surface area contributed by atoms with Crippen molar-refractivity contribution in [2.24, 2.45) is 29.6 Å². The van der Waals surface area contributed by atoms with Crippen LogP contribution >= 0.6 is 0 Å². The lowest BCUT2D eigenvalue weighted by Crippen LogP contribution is -2.56. The molecule has 3 heteroatoms. The maximum Gasteiger partial charge on any atom is 0.119 e. The van der Waals surface area contributed by atoms with Crippen LogP contribution < -0.4 is 0 Å². The van der Waals surface area contributed by atoms with Gasteiger partial charge >= 0.3 is 0 Å². The molecular formula is C20H37NOSi. The first-order valence-electron chi connectivity index (χ1n) is 10.2. The van der Waals surface area contributed by atoms with Crippen molar-refractivity contribution >= 4 is 8.24 Å². The SMILES string of the molecule is COC1CCC2C(C1)C1C3CCCCC3C(C)C1N2[Si](C)(C)C. The molecule has 4 aliphatic rings. The number of ether oxygens (including phenoxy) is 1. The Balaban J connectivity index is 1.70. The molecule has 1 saturated heterocycles. The minimum atomic E-state index is -1.26. The Morgan fingerprint density at radius 3 is 2.26 bits per heavy atom. The van der Waals surface area contributed by atoms with Crippen LogP contribution in [0, 0.1) is 29.6 Å². The van der Waals surface area contributed by atoms with Crippen LogP contribution in [-0.4, -0.2) is 38.1 Å². The molecule has 0 aromatic rings. The van der Waals surface area contributed by atoms with Crippen LogP contribution in [-0.2, 0) is 4.74 Å². The van der Waals surface area contributed by atoms with Gasteiger partial charge in [0.15, 0.2) is 0 Å². The second-order valence-corrected chi connectivity index (χ2v) is 14.9. The van der Waals surface area contributed by atoms with Gasteiger partial charge in [0.25, 0.3) is 0 Å². The van der Waals surface area contributed by atoms with Gasteiger partial charge in [-0.15, -0.1) is 0 Å². The minimum Gasteiger partial charge on any atom is -0.381 e. The molecule has 132 valence electrons. The van der Waals surface area contributed by atoms with Gasteiger partial charge in [0, 0.05) is 19.2 Å². The Morgan fingerprint density at radius 2 is 1.61 bits per heavy atom. The first kappa shape index (κ1) is 16.6. The van der Waals surface area contributed by atoms with Crippen LogP contribution in [0.4, 0.5) is 0 Å². The standard InChI is InChI=1S/C20H37NOSi/c1-13-15-8-6-7-9-16(15)19-17-12-14(22-2)10-11-18(17)21(20(13)19)23(3,4)5/h13-20H,6-12H2,1-5H3. The van der Waals surface area contributed by atoms with E-state index in [1.165, 1.54) is 44.9 Å². The highest BCUT2D eigenvalue weighted by molar-refractivity contribution is 6.73. The molecule has 2 nitrogen and oxygen atoms in total. The third kappa shape index (κ3) is 2.48. The largest absolute Gasteiger partial charge is 0.381 e. The smallest absolute Gasteiger partial charge is 0.119 e. The molecule has 4 rings (SSSR count). The van der Waals surface area contributed by atoms with Crippen LogP contribution in [0.3, 0.4) is 0 Å². The van der Waals surface area contributed by atoms with Gasteiger partial charge in [-0.25, -0.2) is 0 Å². The zero-order chi connectivity index (χ0) is 16.4. The van der Waals surface area contributed by atoms with E-state index in [-0.39, 0.29) is 0 Å². The van der Waals surface area contributed by atoms with Crippen molar-refractivity contribution in [2.75, 3.05) is 7.11 Å². The van der Waals surface area contributed by atoms with Crippen LogP contribution in [0.5, 0.6) is 0 Å². The zero-order valence-electron chi connectivity index (χ0n) is 15.9. The highest BCUT2D eigenvalue weighted by Gasteiger charge is 2.63. The van der Waals surface area contributed by atoms with Gasteiger partial charge in [0.05, 0.1) is 6.10 Å². The fraction of sp³-hybridized carbons (Fsp3) is 1.00. The molecule has 8 unspecified atom stereocenters. The van der Waals surface area contributed by atoms with Crippen LogP contribution in [0.25, 0.3) is 0 Å². The predicted octanol–water partition coefficient (Wildman–Crippen LogP) is 4.76. The van der Waals surface area contributed by atoms with Gasteiger partial charge in [0.2, 0.25) is 0 Å². The van der Waals surface area contributed by atoms with Crippen molar-refractivity contribution in [1.82, 2.24) is 4.57 Å². The number of hydrogen-bond acceptors (Lipinski definition) is 2. The summed E-state index contributed by atoms with van der Waals surface area (Å²) in [6, 6.07) is 1.79. The van der Waals surface area contributed by atoms with Gasteiger partial charge < -0.3 is 9.30 Å². The van der Waals surface area contributed by atoms with Gasteiger partial charge in [0.1, 0.15) is 8.24 Å². The first-order valence-corrected chi connectivity index (χ1v) is 13.7. The van der Waals surface area contributed by atoms with E-state index in [0.717, 1.165) is 41.7 Å². The van der Waals surface area contributed by atoms with Crippen LogP contribution in [0.1, 0.15) is 51.9 Å². The van der Waals surface area contributed by atoms with Crippen LogP contribution in [0.15, 0.2) is 0 Å². The lowest BCUT2D eigenvalue weighted by Gasteiger charge is -2.45. The van der Waals surface area contributed by atoms with Crippen molar-refractivity contribution in [3.8, 4) is 0 Å². The molecule has 23 heavy (non-hydrogen) atoms. The van der Waals surface area contributed by atoms with E-state index in [1.807, 2.05) is 7.11 Å². The molecule has 0 aromatic carbocycles. The topological polar surface area (TPSA) is 12.5 Å². The van der Waals surface area contributed by atoms with Crippen molar-refractivity contribution in [3.63, 3.8) is 0 Å². The molecule has 0 bridgehead atoms. The average molecular weight is 336 g/mol. The van der Waals surface area contributed by atoms with Crippen molar-refractivity contribution in [3.05, 3.63) is 0 Å². The molecular weight excluding hydrogens is 298 g/mol. The summed E-state index contributed by atoms with van der Waals surface area (Å²) >= 11 is 0. The van der Waals surface area contributed by atoms with Crippen molar-refractivity contribution in [2.45, 2.75) is 89.7 Å². The fourth-order valence-corrected chi connectivity index (χ4v) is 10.1. The van der Waals surface area contributed by atoms with Gasteiger partial charge in [-0.3, -0.25) is 0 Å². The summed E-state index contributed by atoms with van der Waals surface area (Å²) in [5.74, 6) is 4.92. The summed E-state index contributed by atoms with van der Waals surface area (Å²) in [7, 11) is 0.675. The number of nitrogens with zero attached hydrogens (tertiary/aromatic N) is 1. The lowest BCUT2D eigenvalue weighted by molar-refractivity contribution is 0.0208. The van der Waals surface area contributed by atoms with E-state index in [0.29, 0.717) is 6.10 Å². The average Bonchev–Trinajstić information content (AvgIpc) is 3.01. The Bertz CT molecular complexity index is 447. The molecule has 0 spiro atoms. The maximum absolute atomic E-state index is 5.82. The summed E-state index contributed by atoms with van der Waals surface area (Å²) in [6.07, 6.45) is 10.6. The summed E-state index contributed by atoms with van der Waals surface area (Å²) in [6.45, 7) is 10.4. The summed E-state index contributed by atoms with van der Waals surface area (Å²) in [5.41, 5.74) is 0. The van der Waals surface area contributed by atoms with Crippen molar-refractivity contribution in [1.29, 1.82) is 0 Å². The van der Waals surface area contributed by atoms with Crippen molar-refractivity contribution < 1.29 is 4.74 Å². The second kappa shape index (κ2) is 5.84. The molecule has 0 aromatic heterocycles. The molecule has 0 amide bonds. The Kier molecular flexibility index (Phi) is 4.22. The number of rotatable bonds is 2. The van der Waals surface area contributed by atoms with Gasteiger partial charge in [-0.1, -0.05) is 39.4 Å². The molecule has 3 aliphatic carbocycles. The van der Waals surface area contributed by atoms with E-state index < -0.39 is 8.24 Å². The molecule has 0 N–H and O–H groups in total. The Morgan fingerprint density at radius 1 is 0.913 bits per heavy atom. The Labute approximate surface area is 144 Å². The maximum atomic E-state index is 5.82. The fourth-order valence-electron chi connectivity index (χ4n) is 7.47. The summed E-state index contributed by atoms with van der Waals surface area (Å²) in [4.78, 5) is 0. The zero-order valence-corrected chi connectivity index (χ0v) is 16.9. The second-order valence-electron chi connectivity index (χ2n) is 10.0. The van der Waals surface area contributed by atoms with E-state index in [2.05, 4.69) is 31.1 Å². The van der Waals surface area contributed by atoms with Crippen LogP contribution in [0.2, 0.25) is 19.6 Å². The summed E-state index contributed by atoms with van der Waals surface area (Å²) in [5, 5.41) is 0. The van der Waals surface area contributed by atoms with Gasteiger partial charge in [-0.2, -0.15) is 0 Å². The van der Waals surface area contributed by atoms with E-state index in [1.54, 1.807) is 0 Å². The quantitative estimate of drug-likeness (QED) is 0.675. The number of methoxy groups -OCH3 is 1. The minimum absolute atomic E-state index is 0.538. The predicted molar refractivity (Wildman–Crippen MR) is 99.0 cm³/mol. The highest BCUT2D eigenvalue weighted by Crippen LogP contribution is 2.61. The summed E-state index contributed by atoms with van der Waals surface area (Å²) < 4.78 is 8.96. The van der Waals surface area contributed by atoms with Gasteiger partial charge in [-0.05, 0) is 61.7 Å². The molecule has 4 fully saturated rings. The molecule has 1 aliphatic heterocycles. The highest BCUT2D eigenvalue weighted by atomic mass is 28.3. The monoisotopic (exact) mass is 335 g/mol. The third-order valence-corrected chi connectivity index (χ3v) is 10.3. The Hall–Kier alpha value is 0.137. The molecule has 1 heterocycles. The van der Waals surface area contributed by atoms with E-state index >= 15 is 0 Å². The normalized spacial score (nSPS) is 50.5. The first-order chi connectivity index (χ1) is 10.9. The van der Waals surface area contributed by atoms with E-state index in [4.69, 9.17) is 4.74 Å². The van der Waals surface area contributed by atoms with E-state index in [9.17, 15) is 0 Å². The third-order valence-electron chi connectivity index (χ3n) is 8.07. The molecule has 0 radical (unpaired) electrons. The lowest BCUT2D eigenvalue weighted by atomic mass is 9.69. The number of fused-ring (bicyclic) bond motifs is 5. The molecule has 3 saturated carbocycles. The molecule has 8 atom stereocenters. The number of hydrogen-bond donors (Lipinski definition) is 0.